The predicted molar refractivity (Wildman–Crippen MR) is 171 cm³/mol. The number of hydrogen-bond donors (Lipinski definition) is 0. The van der Waals surface area contributed by atoms with Gasteiger partial charge in [0.2, 0.25) is 0 Å². The summed E-state index contributed by atoms with van der Waals surface area (Å²) in [6.07, 6.45) is 14.6. The van der Waals surface area contributed by atoms with Crippen molar-refractivity contribution in [2.24, 2.45) is 11.8 Å². The Morgan fingerprint density at radius 2 is 0.714 bits per heavy atom. The zero-order chi connectivity index (χ0) is 28.7. The molecule has 0 spiro atoms. The van der Waals surface area contributed by atoms with Crippen LogP contribution in [0.4, 0.5) is 0 Å². The van der Waals surface area contributed by atoms with Crippen LogP contribution in [0, 0.1) is 11.8 Å². The van der Waals surface area contributed by atoms with Crippen molar-refractivity contribution in [1.82, 2.24) is 0 Å². The van der Waals surface area contributed by atoms with Gasteiger partial charge in [-0.25, -0.2) is 0 Å². The van der Waals surface area contributed by atoms with E-state index in [2.05, 4.69) is 135 Å². The second-order valence-corrected chi connectivity index (χ2v) is 23.6. The number of rotatable bonds is 8. The molecule has 0 nitrogen and oxygen atoms in total. The van der Waals surface area contributed by atoms with Gasteiger partial charge in [0.1, 0.15) is 0 Å². The van der Waals surface area contributed by atoms with Gasteiger partial charge in [-0.15, -0.1) is 0 Å². The van der Waals surface area contributed by atoms with Gasteiger partial charge < -0.3 is 0 Å². The summed E-state index contributed by atoms with van der Waals surface area (Å²) >= 11 is 0.569. The van der Waals surface area contributed by atoms with Crippen LogP contribution in [-0.2, 0) is 12.7 Å². The van der Waals surface area contributed by atoms with Crippen LogP contribution in [0.25, 0.3) is 0 Å². The molecule has 0 bridgehead atoms. The van der Waals surface area contributed by atoms with Crippen molar-refractivity contribution in [2.45, 2.75) is 144 Å². The van der Waals surface area contributed by atoms with E-state index < -0.39 is 0 Å². The Labute approximate surface area is 240 Å². The molecule has 0 saturated carbocycles. The fourth-order valence-corrected chi connectivity index (χ4v) is 11.1. The second kappa shape index (κ2) is 19.5. The van der Waals surface area contributed by atoms with Crippen molar-refractivity contribution >= 4 is 36.2 Å². The molecule has 216 valence electrons. The maximum atomic E-state index is 4.70. The van der Waals surface area contributed by atoms with E-state index in [4.69, 9.17) is 20.4 Å². The number of allylic oxidation sites excluding steroid dienone is 4. The standard InChI is InChI=1S/2C15H31P.2ClH.Ni/c2*1-13(2)11-9-10-12-16(14(3,4)5)15(6,7)8;;;/h2*9-10,13H,11-12H2,1-8H3;2*1H;/q;;;;+2/p-2. The quantitative estimate of drug-likeness (QED) is 0.145. The molecule has 0 heterocycles. The van der Waals surface area contributed by atoms with Crippen LogP contribution in [0.3, 0.4) is 0 Å². The van der Waals surface area contributed by atoms with Gasteiger partial charge in [0.25, 0.3) is 0 Å². The molecule has 0 amide bonds. The normalized spacial score (nSPS) is 13.8. The number of hydrogen-bond acceptors (Lipinski definition) is 0. The van der Waals surface area contributed by atoms with E-state index >= 15 is 0 Å². The average molecular weight is 614 g/mol. The second-order valence-electron chi connectivity index (χ2n) is 14.2. The Morgan fingerprint density at radius 3 is 0.857 bits per heavy atom. The van der Waals surface area contributed by atoms with E-state index in [1.54, 1.807) is 0 Å². The van der Waals surface area contributed by atoms with E-state index in [9.17, 15) is 0 Å². The van der Waals surface area contributed by atoms with Crippen LogP contribution < -0.4 is 0 Å². The molecule has 0 rings (SSSR count). The molecule has 0 aromatic heterocycles. The molecule has 5 heteroatoms. The van der Waals surface area contributed by atoms with Crippen LogP contribution in [0.2, 0.25) is 0 Å². The first-order valence-electron chi connectivity index (χ1n) is 13.2. The predicted octanol–water partition coefficient (Wildman–Crippen LogP) is 12.7. The molecule has 0 aromatic rings. The van der Waals surface area contributed by atoms with Gasteiger partial charge in [0, 0.05) is 0 Å². The Bertz CT molecular complexity index is 479. The fourth-order valence-electron chi connectivity index (χ4n) is 4.20. The SMILES string of the molecule is CC(C)CC=CCP(C(C)(C)C)C(C)(C)C.CC(C)CC=CCP(C(C)(C)C)C(C)(C)C.[Cl][Ni][Cl]. The van der Waals surface area contributed by atoms with Gasteiger partial charge in [0.05, 0.1) is 0 Å². The summed E-state index contributed by atoms with van der Waals surface area (Å²) in [6.45, 7) is 37.8. The van der Waals surface area contributed by atoms with Crippen LogP contribution in [0.15, 0.2) is 24.3 Å². The number of halogens is 2. The van der Waals surface area contributed by atoms with E-state index in [0.717, 1.165) is 11.8 Å². The summed E-state index contributed by atoms with van der Waals surface area (Å²) in [7, 11) is 9.48. The minimum atomic E-state index is 0.0396. The van der Waals surface area contributed by atoms with Gasteiger partial charge in [-0.2, -0.15) is 0 Å². The molecule has 0 fully saturated rings. The van der Waals surface area contributed by atoms with E-state index in [1.807, 2.05) is 0 Å². The Balaban J connectivity index is -0.000000525. The van der Waals surface area contributed by atoms with Crippen molar-refractivity contribution in [3.05, 3.63) is 24.3 Å². The Hall–Kier alpha value is 1.41. The molecular weight excluding hydrogens is 552 g/mol. The molecule has 0 aromatic carbocycles. The van der Waals surface area contributed by atoms with Gasteiger partial charge >= 0.3 is 33.0 Å². The van der Waals surface area contributed by atoms with Crippen LogP contribution >= 0.6 is 36.2 Å². The minimum absolute atomic E-state index is 0.0396. The first-order valence-corrected chi connectivity index (χ1v) is 19.0. The third-order valence-corrected chi connectivity index (χ3v) is 13.0. The topological polar surface area (TPSA) is 0 Å². The van der Waals surface area contributed by atoms with Crippen LogP contribution in [0.1, 0.15) is 124 Å². The fraction of sp³-hybridized carbons (Fsp3) is 0.867. The Kier molecular flexibility index (Phi) is 22.8. The first-order chi connectivity index (χ1) is 15.5. The van der Waals surface area contributed by atoms with Crippen LogP contribution in [0.5, 0.6) is 0 Å². The molecule has 35 heavy (non-hydrogen) atoms. The van der Waals surface area contributed by atoms with Crippen molar-refractivity contribution in [1.29, 1.82) is 0 Å². The Morgan fingerprint density at radius 1 is 0.514 bits per heavy atom. The maximum absolute atomic E-state index is 4.70. The zero-order valence-electron chi connectivity index (χ0n) is 26.3. The molecule has 0 N–H and O–H groups in total. The van der Waals surface area contributed by atoms with Crippen molar-refractivity contribution < 1.29 is 12.7 Å². The van der Waals surface area contributed by atoms with E-state index in [0.29, 0.717) is 33.3 Å². The van der Waals surface area contributed by atoms with Gasteiger partial charge in [-0.3, -0.25) is 0 Å². The molecule has 0 aliphatic heterocycles. The first kappa shape index (κ1) is 40.9. The molecular formula is C30H62Cl2NiP2. The molecule has 0 saturated heterocycles. The third kappa shape index (κ3) is 25.5. The summed E-state index contributed by atoms with van der Waals surface area (Å²) < 4.78 is 0. The van der Waals surface area contributed by atoms with Crippen molar-refractivity contribution in [2.75, 3.05) is 12.3 Å². The summed E-state index contributed by atoms with van der Waals surface area (Å²) in [6, 6.07) is 0. The molecule has 0 aliphatic carbocycles. The molecule has 0 aliphatic rings. The zero-order valence-corrected chi connectivity index (χ0v) is 30.5. The monoisotopic (exact) mass is 612 g/mol. The van der Waals surface area contributed by atoms with E-state index in [-0.39, 0.29) is 15.8 Å². The van der Waals surface area contributed by atoms with Crippen molar-refractivity contribution in [3.8, 4) is 0 Å². The summed E-state index contributed by atoms with van der Waals surface area (Å²) in [4.78, 5) is 0. The van der Waals surface area contributed by atoms with Crippen LogP contribution in [-0.4, -0.2) is 32.9 Å². The summed E-state index contributed by atoms with van der Waals surface area (Å²) in [5.74, 6) is 1.57. The average Bonchev–Trinajstić information content (AvgIpc) is 2.57. The van der Waals surface area contributed by atoms with Gasteiger partial charge in [0.15, 0.2) is 0 Å². The third-order valence-electron chi connectivity index (χ3n) is 5.36. The molecule has 0 atom stereocenters. The van der Waals surface area contributed by atoms with Gasteiger partial charge in [-0.05, 0) is 57.6 Å². The van der Waals surface area contributed by atoms with E-state index in [1.165, 1.54) is 25.2 Å². The summed E-state index contributed by atoms with van der Waals surface area (Å²) in [5, 5.41) is 1.82. The van der Waals surface area contributed by atoms with Gasteiger partial charge in [-0.1, -0.05) is 151 Å². The van der Waals surface area contributed by atoms with Crippen molar-refractivity contribution in [3.63, 3.8) is 0 Å². The molecule has 0 unspecified atom stereocenters. The summed E-state index contributed by atoms with van der Waals surface area (Å²) in [5.41, 5.74) is 0. The molecule has 0 radical (unpaired) electrons.